The number of nitrogens with zero attached hydrogens (tertiary/aromatic N) is 3. The molecule has 1 N–H and O–H groups in total. The van der Waals surface area contributed by atoms with Crippen LogP contribution in [-0.2, 0) is 6.54 Å². The number of imidazole rings is 1. The number of hydrogen-bond acceptors (Lipinski definition) is 4. The molecule has 0 saturated carbocycles. The predicted molar refractivity (Wildman–Crippen MR) is 112 cm³/mol. The van der Waals surface area contributed by atoms with Crippen molar-refractivity contribution in [1.82, 2.24) is 14.5 Å². The molecule has 0 atom stereocenters. The molecule has 7 heteroatoms. The fourth-order valence-electron chi connectivity index (χ4n) is 3.14. The van der Waals surface area contributed by atoms with Gasteiger partial charge in [-0.15, -0.1) is 0 Å². The van der Waals surface area contributed by atoms with Gasteiger partial charge in [-0.05, 0) is 41.8 Å². The van der Waals surface area contributed by atoms with E-state index in [4.69, 9.17) is 16.3 Å². The second kappa shape index (κ2) is 7.93. The molecular formula is C22H18ClN3O3. The highest BCUT2D eigenvalue weighted by Gasteiger charge is 2.17. The molecule has 0 unspecified atom stereocenters. The van der Waals surface area contributed by atoms with Gasteiger partial charge in [0.05, 0.1) is 13.2 Å². The van der Waals surface area contributed by atoms with Crippen LogP contribution >= 0.6 is 11.6 Å². The molecule has 2 aromatic carbocycles. The van der Waals surface area contributed by atoms with Crippen LogP contribution in [0.3, 0.4) is 0 Å². The van der Waals surface area contributed by atoms with E-state index < -0.39 is 5.97 Å². The van der Waals surface area contributed by atoms with Crippen LogP contribution in [-0.4, -0.2) is 32.2 Å². The van der Waals surface area contributed by atoms with Crippen molar-refractivity contribution in [1.29, 1.82) is 0 Å². The van der Waals surface area contributed by atoms with E-state index in [2.05, 4.69) is 9.97 Å². The molecule has 0 aliphatic heterocycles. The summed E-state index contributed by atoms with van der Waals surface area (Å²) in [7, 11) is 0. The molecule has 0 fully saturated rings. The first-order valence-corrected chi connectivity index (χ1v) is 9.52. The number of carboxylic acid groups (broad SMARTS) is 1. The summed E-state index contributed by atoms with van der Waals surface area (Å²) in [5.41, 5.74) is 3.91. The number of ether oxygens (including phenoxy) is 1. The summed E-state index contributed by atoms with van der Waals surface area (Å²) in [6.07, 6.45) is 0. The number of aromatic nitrogens is 3. The molecular weight excluding hydrogens is 390 g/mol. The molecule has 2 aromatic heterocycles. The number of fused-ring (bicyclic) bond motifs is 1. The van der Waals surface area contributed by atoms with Crippen molar-refractivity contribution in [2.24, 2.45) is 0 Å². The van der Waals surface area contributed by atoms with Gasteiger partial charge in [0.15, 0.2) is 11.3 Å². The van der Waals surface area contributed by atoms with Crippen LogP contribution in [0.5, 0.6) is 6.01 Å². The van der Waals surface area contributed by atoms with Crippen molar-refractivity contribution in [2.75, 3.05) is 6.61 Å². The third-order valence-corrected chi connectivity index (χ3v) is 4.89. The molecule has 6 nitrogen and oxygen atoms in total. The average Bonchev–Trinajstić information content (AvgIpc) is 3.06. The number of carbonyl (C=O) groups is 1. The van der Waals surface area contributed by atoms with Gasteiger partial charge in [0, 0.05) is 5.02 Å². The van der Waals surface area contributed by atoms with E-state index in [1.165, 1.54) is 6.07 Å². The van der Waals surface area contributed by atoms with Crippen LogP contribution < -0.4 is 4.74 Å². The van der Waals surface area contributed by atoms with Gasteiger partial charge in [0.25, 0.3) is 6.01 Å². The molecule has 0 aliphatic rings. The minimum atomic E-state index is -1.09. The lowest BCUT2D eigenvalue weighted by Gasteiger charge is -2.11. The molecule has 0 bridgehead atoms. The van der Waals surface area contributed by atoms with Crippen LogP contribution in [0, 0.1) is 0 Å². The largest absolute Gasteiger partial charge is 0.477 e. The Morgan fingerprint density at radius 3 is 2.55 bits per heavy atom. The Kier molecular flexibility index (Phi) is 5.18. The van der Waals surface area contributed by atoms with E-state index in [9.17, 15) is 9.90 Å². The first-order chi connectivity index (χ1) is 14.1. The molecule has 0 radical (unpaired) electrons. The smallest absolute Gasteiger partial charge is 0.354 e. The molecule has 0 aliphatic carbocycles. The quantitative estimate of drug-likeness (QED) is 0.492. The zero-order valence-electron chi connectivity index (χ0n) is 15.7. The van der Waals surface area contributed by atoms with Crippen LogP contribution in [0.4, 0.5) is 0 Å². The predicted octanol–water partition coefficient (Wildman–Crippen LogP) is 4.90. The fraction of sp³-hybridized carbons (Fsp3) is 0.136. The highest BCUT2D eigenvalue weighted by molar-refractivity contribution is 6.31. The monoisotopic (exact) mass is 407 g/mol. The Morgan fingerprint density at radius 1 is 1.07 bits per heavy atom. The molecule has 146 valence electrons. The van der Waals surface area contributed by atoms with Crippen LogP contribution in [0.2, 0.25) is 5.02 Å². The van der Waals surface area contributed by atoms with Crippen molar-refractivity contribution in [3.63, 3.8) is 0 Å². The van der Waals surface area contributed by atoms with Gasteiger partial charge in [-0.3, -0.25) is 4.57 Å². The third kappa shape index (κ3) is 3.79. The fourth-order valence-corrected chi connectivity index (χ4v) is 3.38. The summed E-state index contributed by atoms with van der Waals surface area (Å²) in [6.45, 7) is 2.65. The lowest BCUT2D eigenvalue weighted by molar-refractivity contribution is 0.0691. The Labute approximate surface area is 172 Å². The summed E-state index contributed by atoms with van der Waals surface area (Å²) in [5.74, 6) is -1.09. The normalized spacial score (nSPS) is 11.0. The van der Waals surface area contributed by atoms with Crippen molar-refractivity contribution in [2.45, 2.75) is 13.5 Å². The van der Waals surface area contributed by atoms with E-state index in [1.54, 1.807) is 10.6 Å². The van der Waals surface area contributed by atoms with Gasteiger partial charge in [-0.25, -0.2) is 9.78 Å². The maximum Gasteiger partial charge on any atom is 0.354 e. The highest BCUT2D eigenvalue weighted by atomic mass is 35.5. The van der Waals surface area contributed by atoms with Gasteiger partial charge in [0.2, 0.25) is 0 Å². The standard InChI is InChI=1S/C22H18ClN3O3/c1-2-29-22-25-18-10-11-19(21(27)28)24-20(18)26(22)13-16-9-8-15(12-17(16)23)14-6-4-3-5-7-14/h3-12H,2,13H2,1H3,(H,27,28). The van der Waals surface area contributed by atoms with Crippen molar-refractivity contribution >= 4 is 28.7 Å². The van der Waals surface area contributed by atoms with Gasteiger partial charge in [-0.1, -0.05) is 54.1 Å². The summed E-state index contributed by atoms with van der Waals surface area (Å²) in [4.78, 5) is 20.0. The highest BCUT2D eigenvalue weighted by Crippen LogP contribution is 2.28. The Hall–Kier alpha value is -3.38. The zero-order chi connectivity index (χ0) is 20.4. The number of rotatable bonds is 6. The molecule has 4 aromatic rings. The van der Waals surface area contributed by atoms with E-state index in [0.29, 0.717) is 35.3 Å². The maximum atomic E-state index is 11.3. The van der Waals surface area contributed by atoms with Crippen molar-refractivity contribution in [3.8, 4) is 17.1 Å². The van der Waals surface area contributed by atoms with Crippen LogP contribution in [0.15, 0.2) is 60.7 Å². The number of halogens is 1. The SMILES string of the molecule is CCOc1nc2ccc(C(=O)O)nc2n1Cc1ccc(-c2ccccc2)cc1Cl. The van der Waals surface area contributed by atoms with E-state index in [-0.39, 0.29) is 5.69 Å². The van der Waals surface area contributed by atoms with E-state index in [1.807, 2.05) is 55.5 Å². The second-order valence-corrected chi connectivity index (χ2v) is 6.84. The van der Waals surface area contributed by atoms with E-state index in [0.717, 1.165) is 16.7 Å². The Bertz CT molecular complexity index is 1190. The lowest BCUT2D eigenvalue weighted by atomic mass is 10.0. The molecule has 29 heavy (non-hydrogen) atoms. The number of benzene rings is 2. The summed E-state index contributed by atoms with van der Waals surface area (Å²) < 4.78 is 7.39. The number of aromatic carboxylic acids is 1. The second-order valence-electron chi connectivity index (χ2n) is 6.43. The topological polar surface area (TPSA) is 77.2 Å². The van der Waals surface area contributed by atoms with Gasteiger partial charge >= 0.3 is 5.97 Å². The molecule has 4 rings (SSSR count). The Balaban J connectivity index is 1.75. The van der Waals surface area contributed by atoms with Crippen molar-refractivity contribution < 1.29 is 14.6 Å². The molecule has 2 heterocycles. The minimum Gasteiger partial charge on any atom is -0.477 e. The van der Waals surface area contributed by atoms with E-state index >= 15 is 0 Å². The summed E-state index contributed by atoms with van der Waals surface area (Å²) in [6, 6.07) is 19.3. The van der Waals surface area contributed by atoms with Crippen LogP contribution in [0.1, 0.15) is 23.0 Å². The first kappa shape index (κ1) is 19.0. The maximum absolute atomic E-state index is 11.3. The number of carboxylic acids is 1. The summed E-state index contributed by atoms with van der Waals surface area (Å²) in [5, 5.41) is 9.88. The van der Waals surface area contributed by atoms with Gasteiger partial charge < -0.3 is 9.84 Å². The lowest BCUT2D eigenvalue weighted by Crippen LogP contribution is -2.07. The first-order valence-electron chi connectivity index (χ1n) is 9.14. The van der Waals surface area contributed by atoms with Crippen LogP contribution in [0.25, 0.3) is 22.3 Å². The average molecular weight is 408 g/mol. The molecule has 0 saturated heterocycles. The third-order valence-electron chi connectivity index (χ3n) is 4.54. The minimum absolute atomic E-state index is 0.0489. The number of hydrogen-bond donors (Lipinski definition) is 1. The van der Waals surface area contributed by atoms with Gasteiger partial charge in [-0.2, -0.15) is 4.98 Å². The summed E-state index contributed by atoms with van der Waals surface area (Å²) >= 11 is 6.57. The van der Waals surface area contributed by atoms with Gasteiger partial charge in [0.1, 0.15) is 5.52 Å². The molecule has 0 spiro atoms. The Morgan fingerprint density at radius 2 is 1.86 bits per heavy atom. The number of pyridine rings is 1. The zero-order valence-corrected chi connectivity index (χ0v) is 16.4. The molecule has 0 amide bonds. The van der Waals surface area contributed by atoms with Crippen molar-refractivity contribution in [3.05, 3.63) is 76.9 Å².